The number of nitrogens with two attached hydrogens (primary N) is 1. The van der Waals surface area contributed by atoms with Crippen LogP contribution < -0.4 is 15.8 Å². The van der Waals surface area contributed by atoms with Crippen molar-refractivity contribution in [2.75, 3.05) is 18.4 Å². The fourth-order valence-electron chi connectivity index (χ4n) is 1.62. The van der Waals surface area contributed by atoms with Crippen LogP contribution in [0.5, 0.6) is 0 Å². The Morgan fingerprint density at radius 3 is 2.50 bits per heavy atom. The summed E-state index contributed by atoms with van der Waals surface area (Å²) in [6.45, 7) is 6.98. The van der Waals surface area contributed by atoms with Crippen LogP contribution in [0.25, 0.3) is 0 Å². The molecule has 0 aliphatic carbocycles. The molecule has 0 saturated heterocycles. The van der Waals surface area contributed by atoms with Crippen LogP contribution in [0, 0.1) is 5.92 Å². The maximum Gasteiger partial charge on any atom is 0.242 e. The summed E-state index contributed by atoms with van der Waals surface area (Å²) in [4.78, 5) is 0.268. The highest BCUT2D eigenvalue weighted by atomic mass is 32.2. The molecule has 4 N–H and O–H groups in total. The topological polar surface area (TPSA) is 84.2 Å². The van der Waals surface area contributed by atoms with Crippen LogP contribution in [0.1, 0.15) is 27.2 Å². The average Bonchev–Trinajstić information content (AvgIpc) is 2.42. The van der Waals surface area contributed by atoms with E-state index in [1.165, 1.54) is 0 Å². The van der Waals surface area contributed by atoms with Crippen LogP contribution >= 0.6 is 0 Å². The second kappa shape index (κ2) is 7.61. The number of anilines is 1. The van der Waals surface area contributed by atoms with E-state index >= 15 is 0 Å². The predicted octanol–water partition coefficient (Wildman–Crippen LogP) is 1.77. The van der Waals surface area contributed by atoms with Crippen molar-refractivity contribution < 1.29 is 8.42 Å². The van der Waals surface area contributed by atoms with Gasteiger partial charge in [-0.2, -0.15) is 0 Å². The van der Waals surface area contributed by atoms with Crippen LogP contribution in [0.3, 0.4) is 0 Å². The van der Waals surface area contributed by atoms with E-state index in [1.54, 1.807) is 18.2 Å². The van der Waals surface area contributed by atoms with E-state index < -0.39 is 10.0 Å². The summed E-state index contributed by atoms with van der Waals surface area (Å²) in [6.07, 6.45) is 0.757. The molecular formula is C14H25N3O2S. The van der Waals surface area contributed by atoms with Gasteiger partial charge in [-0.15, -0.1) is 0 Å². The van der Waals surface area contributed by atoms with E-state index in [9.17, 15) is 8.42 Å². The van der Waals surface area contributed by atoms with Gasteiger partial charge >= 0.3 is 0 Å². The Labute approximate surface area is 122 Å². The van der Waals surface area contributed by atoms with Gasteiger partial charge in [-0.1, -0.05) is 32.9 Å². The second-order valence-electron chi connectivity index (χ2n) is 5.18. The van der Waals surface area contributed by atoms with Gasteiger partial charge in [0, 0.05) is 19.1 Å². The molecule has 0 aliphatic rings. The SMILES string of the molecule is CCCNS(=O)(=O)c1ccccc1NCC(N)C(C)C. The van der Waals surface area contributed by atoms with Crippen LogP contribution in [-0.4, -0.2) is 27.5 Å². The molecule has 20 heavy (non-hydrogen) atoms. The smallest absolute Gasteiger partial charge is 0.242 e. The maximum absolute atomic E-state index is 12.2. The third kappa shape index (κ3) is 4.77. The molecule has 0 radical (unpaired) electrons. The largest absolute Gasteiger partial charge is 0.382 e. The number of hydrogen-bond donors (Lipinski definition) is 3. The van der Waals surface area contributed by atoms with Gasteiger partial charge in [-0.25, -0.2) is 13.1 Å². The van der Waals surface area contributed by atoms with Crippen molar-refractivity contribution in [1.29, 1.82) is 0 Å². The molecule has 0 spiro atoms. The van der Waals surface area contributed by atoms with Gasteiger partial charge < -0.3 is 11.1 Å². The lowest BCUT2D eigenvalue weighted by molar-refractivity contribution is 0.511. The van der Waals surface area contributed by atoms with Crippen molar-refractivity contribution >= 4 is 15.7 Å². The van der Waals surface area contributed by atoms with Crippen molar-refractivity contribution in [1.82, 2.24) is 4.72 Å². The number of rotatable bonds is 8. The molecule has 0 aliphatic heterocycles. The molecule has 1 aromatic carbocycles. The average molecular weight is 299 g/mol. The number of benzene rings is 1. The second-order valence-corrected chi connectivity index (χ2v) is 6.92. The Balaban J connectivity index is 2.88. The van der Waals surface area contributed by atoms with Crippen LogP contribution in [-0.2, 0) is 10.0 Å². The third-order valence-electron chi connectivity index (χ3n) is 3.10. The molecule has 6 heteroatoms. The first-order chi connectivity index (χ1) is 9.38. The van der Waals surface area contributed by atoms with E-state index in [0.29, 0.717) is 24.7 Å². The van der Waals surface area contributed by atoms with E-state index in [4.69, 9.17) is 5.73 Å². The Morgan fingerprint density at radius 2 is 1.90 bits per heavy atom. The van der Waals surface area contributed by atoms with Crippen LogP contribution in [0.2, 0.25) is 0 Å². The van der Waals surface area contributed by atoms with E-state index in [1.807, 2.05) is 26.8 Å². The van der Waals surface area contributed by atoms with Gasteiger partial charge in [0.1, 0.15) is 4.90 Å². The standard InChI is InChI=1S/C14H25N3O2S/c1-4-9-17-20(18,19)14-8-6-5-7-13(14)16-10-12(15)11(2)3/h5-8,11-12,16-17H,4,9-10,15H2,1-3H3. The van der Waals surface area contributed by atoms with Crippen LogP contribution in [0.4, 0.5) is 5.69 Å². The van der Waals surface area contributed by atoms with Crippen LogP contribution in [0.15, 0.2) is 29.2 Å². The molecule has 0 amide bonds. The lowest BCUT2D eigenvalue weighted by Crippen LogP contribution is -2.34. The van der Waals surface area contributed by atoms with Gasteiger partial charge in [-0.05, 0) is 24.5 Å². The van der Waals surface area contributed by atoms with Crippen molar-refractivity contribution in [2.24, 2.45) is 11.7 Å². The quantitative estimate of drug-likeness (QED) is 0.683. The van der Waals surface area contributed by atoms with Crippen molar-refractivity contribution in [2.45, 2.75) is 38.1 Å². The summed E-state index contributed by atoms with van der Waals surface area (Å²) in [5.74, 6) is 0.337. The molecule has 1 aromatic rings. The molecule has 0 heterocycles. The molecule has 0 bridgehead atoms. The molecule has 0 saturated carbocycles. The molecule has 1 atom stereocenters. The molecule has 114 valence electrons. The van der Waals surface area contributed by atoms with Crippen molar-refractivity contribution in [3.05, 3.63) is 24.3 Å². The third-order valence-corrected chi connectivity index (χ3v) is 4.62. The maximum atomic E-state index is 12.2. The summed E-state index contributed by atoms with van der Waals surface area (Å²) in [5.41, 5.74) is 6.57. The normalized spacial score (nSPS) is 13.4. The molecule has 1 rings (SSSR count). The summed E-state index contributed by atoms with van der Waals surface area (Å²) in [7, 11) is -3.47. The van der Waals surface area contributed by atoms with E-state index in [-0.39, 0.29) is 10.9 Å². The lowest BCUT2D eigenvalue weighted by Gasteiger charge is -2.18. The highest BCUT2D eigenvalue weighted by Gasteiger charge is 2.18. The van der Waals surface area contributed by atoms with Gasteiger partial charge in [0.05, 0.1) is 5.69 Å². The predicted molar refractivity (Wildman–Crippen MR) is 83.2 cm³/mol. The number of para-hydroxylation sites is 1. The minimum atomic E-state index is -3.47. The lowest BCUT2D eigenvalue weighted by atomic mass is 10.1. The molecule has 1 unspecified atom stereocenters. The fourth-order valence-corrected chi connectivity index (χ4v) is 2.94. The monoisotopic (exact) mass is 299 g/mol. The Bertz CT molecular complexity index is 515. The minimum absolute atomic E-state index is 0.0191. The summed E-state index contributed by atoms with van der Waals surface area (Å²) in [6, 6.07) is 6.86. The zero-order chi connectivity index (χ0) is 15.2. The zero-order valence-corrected chi connectivity index (χ0v) is 13.2. The van der Waals surface area contributed by atoms with E-state index in [2.05, 4.69) is 10.0 Å². The van der Waals surface area contributed by atoms with Gasteiger partial charge in [0.15, 0.2) is 0 Å². The fraction of sp³-hybridized carbons (Fsp3) is 0.571. The molecule has 5 nitrogen and oxygen atoms in total. The Morgan fingerprint density at radius 1 is 1.25 bits per heavy atom. The summed E-state index contributed by atoms with van der Waals surface area (Å²) in [5, 5.41) is 3.13. The van der Waals surface area contributed by atoms with Gasteiger partial charge in [0.25, 0.3) is 0 Å². The molecule has 0 aromatic heterocycles. The molecular weight excluding hydrogens is 274 g/mol. The Hall–Kier alpha value is -1.11. The Kier molecular flexibility index (Phi) is 6.45. The number of hydrogen-bond acceptors (Lipinski definition) is 4. The highest BCUT2D eigenvalue weighted by molar-refractivity contribution is 7.89. The van der Waals surface area contributed by atoms with Crippen molar-refractivity contribution in [3.63, 3.8) is 0 Å². The first kappa shape index (κ1) is 16.9. The van der Waals surface area contributed by atoms with E-state index in [0.717, 1.165) is 6.42 Å². The summed E-state index contributed by atoms with van der Waals surface area (Å²) < 4.78 is 27.0. The first-order valence-electron chi connectivity index (χ1n) is 6.96. The van der Waals surface area contributed by atoms with Gasteiger partial charge in [0.2, 0.25) is 10.0 Å². The summed E-state index contributed by atoms with van der Waals surface area (Å²) >= 11 is 0. The zero-order valence-electron chi connectivity index (χ0n) is 12.4. The number of nitrogens with one attached hydrogen (secondary N) is 2. The van der Waals surface area contributed by atoms with Crippen molar-refractivity contribution in [3.8, 4) is 0 Å². The van der Waals surface area contributed by atoms with Gasteiger partial charge in [-0.3, -0.25) is 0 Å². The highest BCUT2D eigenvalue weighted by Crippen LogP contribution is 2.20. The molecule has 0 fully saturated rings. The minimum Gasteiger partial charge on any atom is -0.382 e. The number of sulfonamides is 1. The first-order valence-corrected chi connectivity index (χ1v) is 8.45.